The molecule has 0 radical (unpaired) electrons. The highest BCUT2D eigenvalue weighted by Crippen LogP contribution is 2.24. The van der Waals surface area contributed by atoms with Crippen molar-refractivity contribution in [3.63, 3.8) is 0 Å². The minimum Gasteiger partial charge on any atom is -0.397 e. The Hall–Kier alpha value is -1.75. The molecule has 0 aromatic heterocycles. The number of rotatable bonds is 4. The normalized spacial score (nSPS) is 12.1. The summed E-state index contributed by atoms with van der Waals surface area (Å²) in [7, 11) is 5.25. The molecule has 5 heteroatoms. The Bertz CT molecular complexity index is 430. The zero-order valence-electron chi connectivity index (χ0n) is 11.3. The molecule has 5 nitrogen and oxygen atoms in total. The fourth-order valence-electron chi connectivity index (χ4n) is 1.79. The van der Waals surface area contributed by atoms with Crippen LogP contribution in [-0.2, 0) is 0 Å². The molecule has 1 unspecified atom stereocenters. The van der Waals surface area contributed by atoms with Crippen molar-refractivity contribution < 1.29 is 9.90 Å². The molecular formula is C13H21N3O2. The van der Waals surface area contributed by atoms with Gasteiger partial charge in [0.1, 0.15) is 0 Å². The average Bonchev–Trinajstić information content (AvgIpc) is 2.26. The predicted molar refractivity (Wildman–Crippen MR) is 73.8 cm³/mol. The fraction of sp³-hybridized carbons (Fsp3) is 0.462. The maximum Gasteiger partial charge on any atom is 0.253 e. The molecule has 100 valence electrons. The molecular weight excluding hydrogens is 230 g/mol. The minimum atomic E-state index is -0.433. The van der Waals surface area contributed by atoms with Gasteiger partial charge in [0.25, 0.3) is 5.91 Å². The molecule has 3 N–H and O–H groups in total. The first-order valence-electron chi connectivity index (χ1n) is 5.83. The van der Waals surface area contributed by atoms with Gasteiger partial charge in [0.2, 0.25) is 0 Å². The Labute approximate surface area is 108 Å². The van der Waals surface area contributed by atoms with Crippen molar-refractivity contribution in [2.75, 3.05) is 38.3 Å². The van der Waals surface area contributed by atoms with Crippen LogP contribution in [0.5, 0.6) is 0 Å². The van der Waals surface area contributed by atoms with E-state index in [9.17, 15) is 9.90 Å². The molecule has 0 saturated carbocycles. The Morgan fingerprint density at radius 1 is 1.39 bits per heavy atom. The van der Waals surface area contributed by atoms with Crippen LogP contribution >= 0.6 is 0 Å². The average molecular weight is 251 g/mol. The maximum absolute atomic E-state index is 11.8. The monoisotopic (exact) mass is 251 g/mol. The van der Waals surface area contributed by atoms with Crippen molar-refractivity contribution in [1.29, 1.82) is 0 Å². The molecule has 1 aromatic rings. The highest BCUT2D eigenvalue weighted by molar-refractivity contribution is 5.95. The molecule has 0 bridgehead atoms. The predicted octanol–water partition coefficient (Wildman–Crippen LogP) is 0.788. The van der Waals surface area contributed by atoms with Gasteiger partial charge in [-0.3, -0.25) is 4.79 Å². The topological polar surface area (TPSA) is 69.8 Å². The third-order valence-corrected chi connectivity index (χ3v) is 2.63. The van der Waals surface area contributed by atoms with Crippen LogP contribution in [0, 0.1) is 0 Å². The van der Waals surface area contributed by atoms with Gasteiger partial charge in [-0.1, -0.05) is 0 Å². The van der Waals surface area contributed by atoms with Crippen molar-refractivity contribution in [2.24, 2.45) is 0 Å². The molecule has 0 aliphatic rings. The quantitative estimate of drug-likeness (QED) is 0.776. The molecule has 0 heterocycles. The van der Waals surface area contributed by atoms with Crippen molar-refractivity contribution in [1.82, 2.24) is 4.90 Å². The largest absolute Gasteiger partial charge is 0.397 e. The summed E-state index contributed by atoms with van der Waals surface area (Å²) in [5.74, 6) is -0.0774. The van der Waals surface area contributed by atoms with E-state index in [1.54, 1.807) is 39.2 Å². The van der Waals surface area contributed by atoms with Crippen molar-refractivity contribution >= 4 is 17.3 Å². The number of carbonyl (C=O) groups is 1. The smallest absolute Gasteiger partial charge is 0.253 e. The lowest BCUT2D eigenvalue weighted by Crippen LogP contribution is -2.28. The van der Waals surface area contributed by atoms with Crippen molar-refractivity contribution in [3.8, 4) is 0 Å². The van der Waals surface area contributed by atoms with E-state index in [0.29, 0.717) is 17.8 Å². The Balaban J connectivity index is 2.96. The third kappa shape index (κ3) is 3.37. The van der Waals surface area contributed by atoms with Gasteiger partial charge < -0.3 is 20.6 Å². The summed E-state index contributed by atoms with van der Waals surface area (Å²) in [6, 6.07) is 5.21. The molecule has 0 aliphatic heterocycles. The standard InChI is InChI=1S/C13H21N3O2/c1-9(17)8-16(4)12-6-5-10(7-11(12)14)13(18)15(2)3/h5-7,9,17H,8,14H2,1-4H3. The highest BCUT2D eigenvalue weighted by atomic mass is 16.3. The van der Waals surface area contributed by atoms with E-state index in [-0.39, 0.29) is 5.91 Å². The first kappa shape index (κ1) is 14.3. The van der Waals surface area contributed by atoms with Gasteiger partial charge >= 0.3 is 0 Å². The lowest BCUT2D eigenvalue weighted by Gasteiger charge is -2.23. The number of benzene rings is 1. The molecule has 0 saturated heterocycles. The summed E-state index contributed by atoms with van der Waals surface area (Å²) in [5.41, 5.74) is 7.85. The Kier molecular flexibility index (Phi) is 4.55. The van der Waals surface area contributed by atoms with Gasteiger partial charge in [-0.05, 0) is 25.1 Å². The minimum absolute atomic E-state index is 0.0774. The summed E-state index contributed by atoms with van der Waals surface area (Å²) >= 11 is 0. The van der Waals surface area contributed by atoms with E-state index in [1.165, 1.54) is 4.90 Å². The third-order valence-electron chi connectivity index (χ3n) is 2.63. The number of aliphatic hydroxyl groups is 1. The van der Waals surface area contributed by atoms with Gasteiger partial charge in [-0.2, -0.15) is 0 Å². The van der Waals surface area contributed by atoms with Crippen LogP contribution in [0.25, 0.3) is 0 Å². The van der Waals surface area contributed by atoms with Crippen LogP contribution in [0.2, 0.25) is 0 Å². The van der Waals surface area contributed by atoms with Crippen LogP contribution in [-0.4, -0.2) is 49.7 Å². The zero-order chi connectivity index (χ0) is 13.9. The van der Waals surface area contributed by atoms with Crippen molar-refractivity contribution in [3.05, 3.63) is 23.8 Å². The van der Waals surface area contributed by atoms with Gasteiger partial charge in [0, 0.05) is 33.3 Å². The van der Waals surface area contributed by atoms with E-state index in [0.717, 1.165) is 5.69 Å². The first-order valence-corrected chi connectivity index (χ1v) is 5.83. The van der Waals surface area contributed by atoms with E-state index in [2.05, 4.69) is 0 Å². The molecule has 1 atom stereocenters. The number of amides is 1. The Morgan fingerprint density at radius 3 is 2.44 bits per heavy atom. The van der Waals surface area contributed by atoms with Gasteiger partial charge in [-0.25, -0.2) is 0 Å². The second kappa shape index (κ2) is 5.73. The van der Waals surface area contributed by atoms with Gasteiger partial charge in [0.15, 0.2) is 0 Å². The van der Waals surface area contributed by atoms with Crippen LogP contribution < -0.4 is 10.6 Å². The van der Waals surface area contributed by atoms with E-state index in [4.69, 9.17) is 5.73 Å². The van der Waals surface area contributed by atoms with Crippen LogP contribution in [0.1, 0.15) is 17.3 Å². The zero-order valence-corrected chi connectivity index (χ0v) is 11.3. The number of nitrogens with two attached hydrogens (primary N) is 1. The number of nitrogen functional groups attached to an aromatic ring is 1. The van der Waals surface area contributed by atoms with Gasteiger partial charge in [0.05, 0.1) is 17.5 Å². The lowest BCUT2D eigenvalue weighted by molar-refractivity contribution is 0.0827. The summed E-state index contributed by atoms with van der Waals surface area (Å²) in [5, 5.41) is 9.35. The summed E-state index contributed by atoms with van der Waals surface area (Å²) in [6.45, 7) is 2.21. The van der Waals surface area contributed by atoms with Gasteiger partial charge in [-0.15, -0.1) is 0 Å². The molecule has 1 amide bonds. The number of hydrogen-bond acceptors (Lipinski definition) is 4. The summed E-state index contributed by atoms with van der Waals surface area (Å²) in [4.78, 5) is 15.1. The number of aliphatic hydroxyl groups excluding tert-OH is 1. The number of nitrogens with zero attached hydrogens (tertiary/aromatic N) is 2. The summed E-state index contributed by atoms with van der Waals surface area (Å²) in [6.07, 6.45) is -0.433. The van der Waals surface area contributed by atoms with Crippen molar-refractivity contribution in [2.45, 2.75) is 13.0 Å². The molecule has 0 spiro atoms. The van der Waals surface area contributed by atoms with Crippen LogP contribution in [0.4, 0.5) is 11.4 Å². The second-order valence-electron chi connectivity index (χ2n) is 4.70. The molecule has 0 aliphatic carbocycles. The van der Waals surface area contributed by atoms with E-state index in [1.807, 2.05) is 11.9 Å². The number of likely N-dealkylation sites (N-methyl/N-ethyl adjacent to an activating group) is 1. The molecule has 0 fully saturated rings. The molecule has 1 aromatic carbocycles. The lowest BCUT2D eigenvalue weighted by atomic mass is 10.1. The van der Waals surface area contributed by atoms with E-state index < -0.39 is 6.10 Å². The molecule has 18 heavy (non-hydrogen) atoms. The molecule has 1 rings (SSSR count). The second-order valence-corrected chi connectivity index (χ2v) is 4.70. The first-order chi connectivity index (χ1) is 8.32. The summed E-state index contributed by atoms with van der Waals surface area (Å²) < 4.78 is 0. The fourth-order valence-corrected chi connectivity index (χ4v) is 1.79. The Morgan fingerprint density at radius 2 is 2.00 bits per heavy atom. The number of carbonyl (C=O) groups excluding carboxylic acids is 1. The maximum atomic E-state index is 11.8. The number of anilines is 2. The van der Waals surface area contributed by atoms with Crippen LogP contribution in [0.15, 0.2) is 18.2 Å². The van der Waals surface area contributed by atoms with Crippen LogP contribution in [0.3, 0.4) is 0 Å². The SMILES string of the molecule is CC(O)CN(C)c1ccc(C(=O)N(C)C)cc1N. The number of hydrogen-bond donors (Lipinski definition) is 2. The van der Waals surface area contributed by atoms with E-state index >= 15 is 0 Å². The highest BCUT2D eigenvalue weighted by Gasteiger charge is 2.12.